The molecule has 0 aromatic heterocycles. The average molecular weight is 358 g/mol. The number of aliphatic carboxylic acids is 1. The van der Waals surface area contributed by atoms with Crippen LogP contribution in [0.15, 0.2) is 35.3 Å². The third-order valence-corrected chi connectivity index (χ3v) is 3.08. The first-order chi connectivity index (χ1) is 9.85. The summed E-state index contributed by atoms with van der Waals surface area (Å²) >= 11 is 3.02. The fraction of sp³-hybridized carbons (Fsp3) is 0.167. The summed E-state index contributed by atoms with van der Waals surface area (Å²) in [7, 11) is 0. The maximum absolute atomic E-state index is 11.7. The molecule has 1 rings (SSSR count). The molecule has 21 heavy (non-hydrogen) atoms. The van der Waals surface area contributed by atoms with Gasteiger partial charge in [-0.2, -0.15) is 0 Å². The molecular formula is C12H12BrN3O5. The predicted octanol–water partition coefficient (Wildman–Crippen LogP) is 2.51. The number of nitrogens with zero attached hydrogens (tertiary/aromatic N) is 1. The molecule has 0 aliphatic carbocycles. The zero-order valence-electron chi connectivity index (χ0n) is 10.7. The summed E-state index contributed by atoms with van der Waals surface area (Å²) in [4.78, 5) is 32.7. The van der Waals surface area contributed by atoms with Gasteiger partial charge in [-0.15, -0.1) is 6.58 Å². The van der Waals surface area contributed by atoms with Gasteiger partial charge in [0, 0.05) is 11.8 Å². The van der Waals surface area contributed by atoms with Gasteiger partial charge in [-0.3, -0.25) is 10.1 Å². The summed E-state index contributed by atoms with van der Waals surface area (Å²) in [5, 5.41) is 24.2. The SMILES string of the molecule is C=CCC(NC(=O)Nc1ccc(Br)c([N+](=O)[O-])c1)C(=O)O. The van der Waals surface area contributed by atoms with E-state index in [-0.39, 0.29) is 22.3 Å². The Hall–Kier alpha value is -2.42. The van der Waals surface area contributed by atoms with E-state index in [0.717, 1.165) is 6.07 Å². The van der Waals surface area contributed by atoms with Crippen molar-refractivity contribution in [1.29, 1.82) is 0 Å². The number of carboxylic acid groups (broad SMARTS) is 1. The number of hydrogen-bond donors (Lipinski definition) is 3. The van der Waals surface area contributed by atoms with Crippen molar-refractivity contribution in [2.24, 2.45) is 0 Å². The molecule has 3 N–H and O–H groups in total. The lowest BCUT2D eigenvalue weighted by Gasteiger charge is -2.13. The molecule has 1 unspecified atom stereocenters. The standard InChI is InChI=1S/C12H12BrN3O5/c1-2-3-9(11(17)18)15-12(19)14-7-4-5-8(13)10(6-7)16(20)21/h2,4-6,9H,1,3H2,(H,17,18)(H2,14,15,19). The van der Waals surface area contributed by atoms with E-state index in [0.29, 0.717) is 0 Å². The van der Waals surface area contributed by atoms with Gasteiger partial charge in [0.15, 0.2) is 0 Å². The molecule has 112 valence electrons. The molecule has 8 nitrogen and oxygen atoms in total. The second-order valence-corrected chi connectivity index (χ2v) is 4.79. The first-order valence-corrected chi connectivity index (χ1v) is 6.49. The molecule has 0 heterocycles. The van der Waals surface area contributed by atoms with Crippen LogP contribution in [-0.4, -0.2) is 28.1 Å². The van der Waals surface area contributed by atoms with Crippen LogP contribution in [0.1, 0.15) is 6.42 Å². The molecule has 1 aromatic rings. The van der Waals surface area contributed by atoms with Crippen LogP contribution in [0.2, 0.25) is 0 Å². The van der Waals surface area contributed by atoms with Gasteiger partial charge in [0.2, 0.25) is 0 Å². The average Bonchev–Trinajstić information content (AvgIpc) is 2.40. The minimum atomic E-state index is -1.20. The molecule has 0 fully saturated rings. The first-order valence-electron chi connectivity index (χ1n) is 5.70. The van der Waals surface area contributed by atoms with Crippen molar-refractivity contribution in [3.8, 4) is 0 Å². The van der Waals surface area contributed by atoms with Crippen LogP contribution in [0.25, 0.3) is 0 Å². The topological polar surface area (TPSA) is 122 Å². The highest BCUT2D eigenvalue weighted by atomic mass is 79.9. The minimum Gasteiger partial charge on any atom is -0.480 e. The van der Waals surface area contributed by atoms with E-state index >= 15 is 0 Å². The molecule has 0 saturated heterocycles. The van der Waals surface area contributed by atoms with Crippen molar-refractivity contribution in [1.82, 2.24) is 5.32 Å². The van der Waals surface area contributed by atoms with Gasteiger partial charge in [0.25, 0.3) is 5.69 Å². The van der Waals surface area contributed by atoms with Crippen LogP contribution in [0, 0.1) is 10.1 Å². The molecule has 0 bridgehead atoms. The molecule has 9 heteroatoms. The number of amides is 2. The monoisotopic (exact) mass is 357 g/mol. The minimum absolute atomic E-state index is 0.0588. The maximum atomic E-state index is 11.7. The zero-order valence-corrected chi connectivity index (χ0v) is 12.3. The van der Waals surface area contributed by atoms with Gasteiger partial charge in [-0.25, -0.2) is 9.59 Å². The van der Waals surface area contributed by atoms with E-state index < -0.39 is 23.0 Å². The number of rotatable bonds is 6. The Morgan fingerprint density at radius 3 is 2.71 bits per heavy atom. The van der Waals surface area contributed by atoms with Crippen LogP contribution >= 0.6 is 15.9 Å². The summed E-state index contributed by atoms with van der Waals surface area (Å²) in [6.07, 6.45) is 1.42. The van der Waals surface area contributed by atoms with Gasteiger partial charge in [0.05, 0.1) is 9.40 Å². The quantitative estimate of drug-likeness (QED) is 0.410. The third kappa shape index (κ3) is 4.88. The number of nitrogens with one attached hydrogen (secondary N) is 2. The van der Waals surface area contributed by atoms with Crippen molar-refractivity contribution in [2.75, 3.05) is 5.32 Å². The van der Waals surface area contributed by atoms with Crippen molar-refractivity contribution in [3.63, 3.8) is 0 Å². The number of nitro benzene ring substituents is 1. The number of benzene rings is 1. The normalized spacial score (nSPS) is 11.3. The number of carbonyl (C=O) groups is 2. The predicted molar refractivity (Wildman–Crippen MR) is 79.2 cm³/mol. The van der Waals surface area contributed by atoms with Crippen LogP contribution < -0.4 is 10.6 Å². The molecule has 2 amide bonds. The van der Waals surface area contributed by atoms with Gasteiger partial charge in [-0.1, -0.05) is 6.08 Å². The fourth-order valence-corrected chi connectivity index (χ4v) is 1.84. The van der Waals surface area contributed by atoms with E-state index in [4.69, 9.17) is 5.11 Å². The Labute approximate surface area is 128 Å². The number of carboxylic acids is 1. The molecule has 0 spiro atoms. The summed E-state index contributed by atoms with van der Waals surface area (Å²) in [6, 6.07) is 2.12. The number of hydrogen-bond acceptors (Lipinski definition) is 4. The van der Waals surface area contributed by atoms with Crippen LogP contribution in [0.4, 0.5) is 16.2 Å². The summed E-state index contributed by atoms with van der Waals surface area (Å²) in [5.74, 6) is -1.20. The zero-order chi connectivity index (χ0) is 16.0. The second-order valence-electron chi connectivity index (χ2n) is 3.94. The lowest BCUT2D eigenvalue weighted by atomic mass is 10.2. The Morgan fingerprint density at radius 2 is 2.19 bits per heavy atom. The highest BCUT2D eigenvalue weighted by Gasteiger charge is 2.19. The summed E-state index contributed by atoms with van der Waals surface area (Å²) in [6.45, 7) is 3.40. The number of carbonyl (C=O) groups excluding carboxylic acids is 1. The largest absolute Gasteiger partial charge is 0.480 e. The first kappa shape index (κ1) is 16.6. The van der Waals surface area contributed by atoms with E-state index in [1.54, 1.807) is 0 Å². The van der Waals surface area contributed by atoms with E-state index in [2.05, 4.69) is 33.1 Å². The molecule has 1 atom stereocenters. The summed E-state index contributed by atoms with van der Waals surface area (Å²) < 4.78 is 0.272. The number of urea groups is 1. The van der Waals surface area contributed by atoms with Crippen LogP contribution in [-0.2, 0) is 4.79 Å². The van der Waals surface area contributed by atoms with E-state index in [1.165, 1.54) is 18.2 Å². The van der Waals surface area contributed by atoms with Crippen molar-refractivity contribution < 1.29 is 19.6 Å². The van der Waals surface area contributed by atoms with Gasteiger partial charge in [-0.05, 0) is 34.5 Å². The Kier molecular flexibility index (Phi) is 5.85. The van der Waals surface area contributed by atoms with E-state index in [9.17, 15) is 19.7 Å². The fourth-order valence-electron chi connectivity index (χ4n) is 1.44. The number of halogens is 1. The number of anilines is 1. The molecule has 1 aromatic carbocycles. The smallest absolute Gasteiger partial charge is 0.326 e. The lowest BCUT2D eigenvalue weighted by molar-refractivity contribution is -0.385. The summed E-state index contributed by atoms with van der Waals surface area (Å²) in [5.41, 5.74) is -0.0428. The third-order valence-electron chi connectivity index (χ3n) is 2.41. The molecular weight excluding hydrogens is 346 g/mol. The van der Waals surface area contributed by atoms with Gasteiger partial charge in [0.1, 0.15) is 6.04 Å². The maximum Gasteiger partial charge on any atom is 0.326 e. The van der Waals surface area contributed by atoms with Gasteiger partial charge >= 0.3 is 12.0 Å². The Morgan fingerprint density at radius 1 is 1.52 bits per heavy atom. The second kappa shape index (κ2) is 7.39. The molecule has 0 radical (unpaired) electrons. The van der Waals surface area contributed by atoms with Crippen molar-refractivity contribution in [2.45, 2.75) is 12.5 Å². The van der Waals surface area contributed by atoms with Crippen molar-refractivity contribution >= 4 is 39.3 Å². The Balaban J connectivity index is 2.79. The Bertz CT molecular complexity index is 590. The molecule has 0 aliphatic rings. The highest BCUT2D eigenvalue weighted by Crippen LogP contribution is 2.27. The van der Waals surface area contributed by atoms with E-state index in [1.807, 2.05) is 0 Å². The lowest BCUT2D eigenvalue weighted by Crippen LogP contribution is -2.42. The highest BCUT2D eigenvalue weighted by molar-refractivity contribution is 9.10. The van der Waals surface area contributed by atoms with Crippen LogP contribution in [0.3, 0.4) is 0 Å². The van der Waals surface area contributed by atoms with Crippen molar-refractivity contribution in [3.05, 3.63) is 45.4 Å². The number of nitro groups is 1. The molecule has 0 saturated carbocycles. The molecule has 0 aliphatic heterocycles. The van der Waals surface area contributed by atoms with Gasteiger partial charge < -0.3 is 15.7 Å². The van der Waals surface area contributed by atoms with Crippen LogP contribution in [0.5, 0.6) is 0 Å².